The van der Waals surface area contributed by atoms with Crippen LogP contribution in [0.2, 0.25) is 5.02 Å². The molecule has 4 aromatic rings. The number of benzene rings is 3. The number of amides is 1. The molecule has 160 valence electrons. The number of fused-ring (bicyclic) bond motifs is 1. The van der Waals surface area contributed by atoms with Gasteiger partial charge < -0.3 is 9.67 Å². The number of rotatable bonds is 7. The van der Waals surface area contributed by atoms with Gasteiger partial charge in [-0.2, -0.15) is 5.10 Å². The molecule has 0 aliphatic rings. The first-order valence-electron chi connectivity index (χ1n) is 10.1. The highest BCUT2D eigenvalue weighted by Gasteiger charge is 2.14. The van der Waals surface area contributed by atoms with Gasteiger partial charge in [0.15, 0.2) is 0 Å². The lowest BCUT2D eigenvalue weighted by Crippen LogP contribution is -2.17. The average molecular weight is 444 g/mol. The summed E-state index contributed by atoms with van der Waals surface area (Å²) >= 11 is 5.99. The summed E-state index contributed by atoms with van der Waals surface area (Å²) in [4.78, 5) is 12.9. The number of nitrogens with one attached hydrogen (secondary N) is 1. The summed E-state index contributed by atoms with van der Waals surface area (Å²) in [6, 6.07) is 20.7. The van der Waals surface area contributed by atoms with Crippen LogP contribution in [0.3, 0.4) is 0 Å². The minimum absolute atomic E-state index is 0.0990. The number of allylic oxidation sites excluding steroid dienone is 1. The number of phenolic OH excluding ortho intramolecular Hbond substituents is 1. The maximum Gasteiger partial charge on any atom is 0.273 e. The van der Waals surface area contributed by atoms with E-state index < -0.39 is 0 Å². The van der Waals surface area contributed by atoms with Gasteiger partial charge in [-0.25, -0.2) is 5.43 Å². The number of carbonyl (C=O) groups is 1. The molecule has 32 heavy (non-hydrogen) atoms. The second kappa shape index (κ2) is 9.54. The predicted molar refractivity (Wildman–Crippen MR) is 130 cm³/mol. The smallest absolute Gasteiger partial charge is 0.273 e. The van der Waals surface area contributed by atoms with E-state index in [1.807, 2.05) is 65.4 Å². The van der Waals surface area contributed by atoms with Crippen LogP contribution in [0.4, 0.5) is 0 Å². The van der Waals surface area contributed by atoms with Crippen molar-refractivity contribution in [2.75, 3.05) is 0 Å². The molecule has 0 aliphatic carbocycles. The third kappa shape index (κ3) is 4.74. The zero-order valence-corrected chi connectivity index (χ0v) is 18.1. The Hall–Kier alpha value is -3.83. The Morgan fingerprint density at radius 1 is 1.09 bits per heavy atom. The van der Waals surface area contributed by atoms with E-state index in [-0.39, 0.29) is 11.7 Å². The fraction of sp³-hybridized carbons (Fsp3) is 0.0769. The van der Waals surface area contributed by atoms with Crippen LogP contribution in [-0.4, -0.2) is 21.8 Å². The number of halogens is 1. The van der Waals surface area contributed by atoms with Crippen molar-refractivity contribution < 1.29 is 9.90 Å². The zero-order valence-electron chi connectivity index (χ0n) is 17.3. The number of hydrogen-bond donors (Lipinski definition) is 2. The SMILES string of the molecule is C=CCc1ccc(/C=N/NC(=O)c2cn(Cc3ccc(Cl)cc3)c3ccccc23)c(O)c1. The minimum Gasteiger partial charge on any atom is -0.507 e. The Bertz CT molecular complexity index is 1310. The molecule has 2 N–H and O–H groups in total. The maximum absolute atomic E-state index is 12.9. The van der Waals surface area contributed by atoms with E-state index in [2.05, 4.69) is 17.1 Å². The van der Waals surface area contributed by atoms with Crippen LogP contribution >= 0.6 is 11.6 Å². The molecular weight excluding hydrogens is 422 g/mol. The van der Waals surface area contributed by atoms with Gasteiger partial charge in [0, 0.05) is 34.2 Å². The summed E-state index contributed by atoms with van der Waals surface area (Å²) in [6.45, 7) is 4.30. The Morgan fingerprint density at radius 3 is 2.59 bits per heavy atom. The molecule has 0 unspecified atom stereocenters. The van der Waals surface area contributed by atoms with Crippen LogP contribution < -0.4 is 5.43 Å². The minimum atomic E-state index is -0.324. The van der Waals surface area contributed by atoms with E-state index in [1.54, 1.807) is 18.2 Å². The van der Waals surface area contributed by atoms with Crippen molar-refractivity contribution in [2.24, 2.45) is 5.10 Å². The molecule has 0 radical (unpaired) electrons. The number of para-hydroxylation sites is 1. The van der Waals surface area contributed by atoms with Gasteiger partial charge in [0.2, 0.25) is 0 Å². The number of aromatic nitrogens is 1. The quantitative estimate of drug-likeness (QED) is 0.224. The molecular formula is C26H22ClN3O2. The molecule has 0 aliphatic heterocycles. The number of phenols is 1. The van der Waals surface area contributed by atoms with E-state index in [0.29, 0.717) is 29.1 Å². The van der Waals surface area contributed by atoms with E-state index >= 15 is 0 Å². The van der Waals surface area contributed by atoms with Crippen molar-refractivity contribution in [1.29, 1.82) is 0 Å². The molecule has 1 aromatic heterocycles. The van der Waals surface area contributed by atoms with Crippen LogP contribution in [-0.2, 0) is 13.0 Å². The molecule has 0 spiro atoms. The summed E-state index contributed by atoms with van der Waals surface area (Å²) in [5, 5.41) is 15.7. The highest BCUT2D eigenvalue weighted by atomic mass is 35.5. The second-order valence-electron chi connectivity index (χ2n) is 7.40. The molecule has 0 saturated heterocycles. The van der Waals surface area contributed by atoms with Crippen LogP contribution in [0.15, 0.2) is 90.7 Å². The van der Waals surface area contributed by atoms with Crippen LogP contribution in [0, 0.1) is 0 Å². The number of nitrogens with zero attached hydrogens (tertiary/aromatic N) is 2. The third-order valence-electron chi connectivity index (χ3n) is 5.14. The first kappa shape index (κ1) is 21.4. The van der Waals surface area contributed by atoms with E-state index in [9.17, 15) is 9.90 Å². The average Bonchev–Trinajstić information content (AvgIpc) is 3.15. The molecule has 5 nitrogen and oxygen atoms in total. The Balaban J connectivity index is 1.54. The van der Waals surface area contributed by atoms with Crippen molar-refractivity contribution >= 4 is 34.6 Å². The lowest BCUT2D eigenvalue weighted by Gasteiger charge is -2.05. The number of hydrazone groups is 1. The van der Waals surface area contributed by atoms with Crippen molar-refractivity contribution in [3.05, 3.63) is 113 Å². The van der Waals surface area contributed by atoms with Crippen molar-refractivity contribution in [3.8, 4) is 5.75 Å². The molecule has 0 atom stereocenters. The summed E-state index contributed by atoms with van der Waals surface area (Å²) in [5.74, 6) is -0.225. The Morgan fingerprint density at radius 2 is 1.84 bits per heavy atom. The fourth-order valence-corrected chi connectivity index (χ4v) is 3.68. The van der Waals surface area contributed by atoms with E-state index in [4.69, 9.17) is 11.6 Å². The van der Waals surface area contributed by atoms with Gasteiger partial charge in [0.1, 0.15) is 5.75 Å². The van der Waals surface area contributed by atoms with Crippen LogP contribution in [0.5, 0.6) is 5.75 Å². The van der Waals surface area contributed by atoms with Gasteiger partial charge in [-0.3, -0.25) is 4.79 Å². The molecule has 6 heteroatoms. The standard InChI is InChI=1S/C26H22ClN3O2/c1-2-5-18-8-11-20(25(31)14-18)15-28-29-26(32)23-17-30(24-7-4-3-6-22(23)24)16-19-9-12-21(27)13-10-19/h2-4,6-15,17,31H,1,5,16H2,(H,29,32)/b28-15+. The van der Waals surface area contributed by atoms with Gasteiger partial charge in [-0.1, -0.05) is 54.1 Å². The number of aromatic hydroxyl groups is 1. The van der Waals surface area contributed by atoms with Gasteiger partial charge in [0.05, 0.1) is 11.8 Å². The highest BCUT2D eigenvalue weighted by molar-refractivity contribution is 6.30. The summed E-state index contributed by atoms with van der Waals surface area (Å²) in [5.41, 5.74) is 6.59. The van der Waals surface area contributed by atoms with E-state index in [0.717, 1.165) is 22.0 Å². The van der Waals surface area contributed by atoms with Crippen molar-refractivity contribution in [3.63, 3.8) is 0 Å². The lowest BCUT2D eigenvalue weighted by atomic mass is 10.1. The van der Waals surface area contributed by atoms with Gasteiger partial charge >= 0.3 is 0 Å². The summed E-state index contributed by atoms with van der Waals surface area (Å²) < 4.78 is 2.03. The topological polar surface area (TPSA) is 66.6 Å². The highest BCUT2D eigenvalue weighted by Crippen LogP contribution is 2.23. The molecule has 4 rings (SSSR count). The first-order valence-corrected chi connectivity index (χ1v) is 10.5. The van der Waals surface area contributed by atoms with Gasteiger partial charge in [-0.05, 0) is 47.9 Å². The monoisotopic (exact) mass is 443 g/mol. The summed E-state index contributed by atoms with van der Waals surface area (Å²) in [6.07, 6.45) is 5.69. The maximum atomic E-state index is 12.9. The van der Waals surface area contributed by atoms with Crippen LogP contribution in [0.1, 0.15) is 27.0 Å². The molecule has 0 fully saturated rings. The van der Waals surface area contributed by atoms with Gasteiger partial charge in [0.25, 0.3) is 5.91 Å². The predicted octanol–water partition coefficient (Wildman–Crippen LogP) is 5.54. The lowest BCUT2D eigenvalue weighted by molar-refractivity contribution is 0.0956. The van der Waals surface area contributed by atoms with Crippen molar-refractivity contribution in [1.82, 2.24) is 9.99 Å². The zero-order chi connectivity index (χ0) is 22.5. The normalized spacial score (nSPS) is 11.2. The van der Waals surface area contributed by atoms with Crippen LogP contribution in [0.25, 0.3) is 10.9 Å². The molecule has 0 bridgehead atoms. The molecule has 1 heterocycles. The molecule has 1 amide bonds. The van der Waals surface area contributed by atoms with E-state index in [1.165, 1.54) is 6.21 Å². The molecule has 0 saturated carbocycles. The fourth-order valence-electron chi connectivity index (χ4n) is 3.56. The summed E-state index contributed by atoms with van der Waals surface area (Å²) in [7, 11) is 0. The van der Waals surface area contributed by atoms with Gasteiger partial charge in [-0.15, -0.1) is 6.58 Å². The Labute approximate surface area is 191 Å². The number of carbonyl (C=O) groups excluding carboxylic acids is 1. The largest absolute Gasteiger partial charge is 0.507 e. The number of hydrogen-bond acceptors (Lipinski definition) is 3. The molecule has 3 aromatic carbocycles. The third-order valence-corrected chi connectivity index (χ3v) is 5.40. The first-order chi connectivity index (χ1) is 15.5. The van der Waals surface area contributed by atoms with Crippen molar-refractivity contribution in [2.45, 2.75) is 13.0 Å². The second-order valence-corrected chi connectivity index (χ2v) is 7.84. The Kier molecular flexibility index (Phi) is 6.38.